The van der Waals surface area contributed by atoms with Crippen molar-refractivity contribution in [3.05, 3.63) is 28.8 Å². The lowest BCUT2D eigenvalue weighted by molar-refractivity contribution is 0.0983. The summed E-state index contributed by atoms with van der Waals surface area (Å²) in [6.45, 7) is 1.04. The molecule has 1 aliphatic heterocycles. The van der Waals surface area contributed by atoms with Gasteiger partial charge in [0, 0.05) is 13.2 Å². The Morgan fingerprint density at radius 3 is 2.61 bits per heavy atom. The number of ether oxygens (including phenoxy) is 1. The van der Waals surface area contributed by atoms with E-state index in [0.29, 0.717) is 42.3 Å². The highest BCUT2D eigenvalue weighted by Crippen LogP contribution is 2.24. The number of anilines is 1. The summed E-state index contributed by atoms with van der Waals surface area (Å²) < 4.78 is 29.6. The smallest absolute Gasteiger partial charge is 0.157 e. The van der Waals surface area contributed by atoms with E-state index in [0.717, 1.165) is 0 Å². The van der Waals surface area contributed by atoms with Gasteiger partial charge in [-0.25, -0.2) is 8.42 Å². The Kier molecular flexibility index (Phi) is 4.14. The summed E-state index contributed by atoms with van der Waals surface area (Å²) in [5, 5.41) is 0.144. The van der Waals surface area contributed by atoms with Crippen LogP contribution in [-0.4, -0.2) is 26.9 Å². The summed E-state index contributed by atoms with van der Waals surface area (Å²) in [5.41, 5.74) is 6.77. The Balaban J connectivity index is 2.13. The van der Waals surface area contributed by atoms with Crippen LogP contribution >= 0.6 is 11.6 Å². The lowest BCUT2D eigenvalue weighted by Gasteiger charge is -2.22. The van der Waals surface area contributed by atoms with Gasteiger partial charge in [0.2, 0.25) is 0 Å². The first-order chi connectivity index (χ1) is 8.49. The molecule has 0 aromatic heterocycles. The molecule has 1 aromatic rings. The van der Waals surface area contributed by atoms with E-state index >= 15 is 0 Å². The molecule has 0 radical (unpaired) electrons. The number of rotatable bonds is 3. The summed E-state index contributed by atoms with van der Waals surface area (Å²) in [6.07, 6.45) is 1.15. The molecule has 1 fully saturated rings. The number of hydrogen-bond donors (Lipinski definition) is 1. The van der Waals surface area contributed by atoms with E-state index in [4.69, 9.17) is 22.1 Å². The van der Waals surface area contributed by atoms with Crippen LogP contribution in [0.25, 0.3) is 0 Å². The highest BCUT2D eigenvalue weighted by Gasteiger charge is 2.27. The third kappa shape index (κ3) is 3.16. The van der Waals surface area contributed by atoms with Crippen molar-refractivity contribution in [3.63, 3.8) is 0 Å². The minimum atomic E-state index is -3.14. The Morgan fingerprint density at radius 1 is 1.33 bits per heavy atom. The average molecular weight is 290 g/mol. The first kappa shape index (κ1) is 13.6. The third-order valence-electron chi connectivity index (χ3n) is 3.10. The first-order valence-electron chi connectivity index (χ1n) is 5.82. The molecular weight excluding hydrogens is 274 g/mol. The van der Waals surface area contributed by atoms with E-state index in [-0.39, 0.29) is 11.0 Å². The molecule has 2 rings (SSSR count). The summed E-state index contributed by atoms with van der Waals surface area (Å²) in [5.74, 6) is 0.0129. The molecule has 0 amide bonds. The molecule has 0 atom stereocenters. The lowest BCUT2D eigenvalue weighted by atomic mass is 10.2. The average Bonchev–Trinajstić information content (AvgIpc) is 2.35. The van der Waals surface area contributed by atoms with Crippen LogP contribution in [0.2, 0.25) is 5.02 Å². The summed E-state index contributed by atoms with van der Waals surface area (Å²) in [6, 6.07) is 4.96. The second-order valence-corrected chi connectivity index (χ2v) is 7.16. The van der Waals surface area contributed by atoms with E-state index in [1.54, 1.807) is 18.2 Å². The molecule has 4 nitrogen and oxygen atoms in total. The number of sulfone groups is 1. The van der Waals surface area contributed by atoms with E-state index < -0.39 is 9.84 Å². The molecule has 0 unspecified atom stereocenters. The fourth-order valence-corrected chi connectivity index (χ4v) is 3.98. The van der Waals surface area contributed by atoms with Crippen molar-refractivity contribution in [1.29, 1.82) is 0 Å². The molecule has 18 heavy (non-hydrogen) atoms. The van der Waals surface area contributed by atoms with Gasteiger partial charge in [-0.2, -0.15) is 0 Å². The van der Waals surface area contributed by atoms with Gasteiger partial charge in [-0.15, -0.1) is 0 Å². The fourth-order valence-electron chi connectivity index (χ4n) is 2.07. The maximum atomic E-state index is 12.2. The van der Waals surface area contributed by atoms with Gasteiger partial charge in [0.05, 0.1) is 21.7 Å². The van der Waals surface area contributed by atoms with Gasteiger partial charge in [0.25, 0.3) is 0 Å². The maximum Gasteiger partial charge on any atom is 0.157 e. The zero-order valence-electron chi connectivity index (χ0n) is 9.93. The predicted molar refractivity (Wildman–Crippen MR) is 72.3 cm³/mol. The largest absolute Gasteiger partial charge is 0.398 e. The second-order valence-electron chi connectivity index (χ2n) is 4.47. The van der Waals surface area contributed by atoms with Gasteiger partial charge < -0.3 is 10.5 Å². The Hall–Kier alpha value is -0.780. The number of nitrogen functional groups attached to an aromatic ring is 1. The van der Waals surface area contributed by atoms with Crippen molar-refractivity contribution in [2.24, 2.45) is 0 Å². The molecule has 0 spiro atoms. The van der Waals surface area contributed by atoms with Crippen LogP contribution in [-0.2, 0) is 20.3 Å². The van der Waals surface area contributed by atoms with Gasteiger partial charge >= 0.3 is 0 Å². The number of hydrogen-bond acceptors (Lipinski definition) is 4. The maximum absolute atomic E-state index is 12.2. The topological polar surface area (TPSA) is 69.4 Å². The zero-order valence-corrected chi connectivity index (χ0v) is 11.5. The fraction of sp³-hybridized carbons (Fsp3) is 0.500. The van der Waals surface area contributed by atoms with Gasteiger partial charge in [-0.3, -0.25) is 0 Å². The normalized spacial score (nSPS) is 17.8. The monoisotopic (exact) mass is 289 g/mol. The van der Waals surface area contributed by atoms with E-state index in [2.05, 4.69) is 0 Å². The molecule has 6 heteroatoms. The van der Waals surface area contributed by atoms with Crippen LogP contribution in [0.15, 0.2) is 18.2 Å². The molecule has 1 saturated heterocycles. The number of halogens is 1. The highest BCUT2D eigenvalue weighted by molar-refractivity contribution is 7.91. The molecule has 1 heterocycles. The van der Waals surface area contributed by atoms with Crippen molar-refractivity contribution in [2.75, 3.05) is 18.9 Å². The zero-order chi connectivity index (χ0) is 13.2. The number of benzene rings is 1. The second kappa shape index (κ2) is 5.47. The van der Waals surface area contributed by atoms with Crippen LogP contribution in [0.4, 0.5) is 5.69 Å². The minimum absolute atomic E-state index is 0.0129. The van der Waals surface area contributed by atoms with Gasteiger partial charge in [0.1, 0.15) is 0 Å². The number of nitrogens with two attached hydrogens (primary N) is 1. The SMILES string of the molecule is Nc1cc(CS(=O)(=O)C2CCOCC2)ccc1Cl. The van der Waals surface area contributed by atoms with Crippen molar-refractivity contribution in [2.45, 2.75) is 23.8 Å². The van der Waals surface area contributed by atoms with Crippen LogP contribution in [0.3, 0.4) is 0 Å². The molecule has 0 bridgehead atoms. The molecule has 0 saturated carbocycles. The Bertz CT molecular complexity index is 524. The standard InChI is InChI=1S/C12H16ClNO3S/c13-11-2-1-9(7-12(11)14)8-18(15,16)10-3-5-17-6-4-10/h1-2,7,10H,3-6,8,14H2. The van der Waals surface area contributed by atoms with Gasteiger partial charge in [-0.1, -0.05) is 17.7 Å². The Labute approximate surface area is 112 Å². The van der Waals surface area contributed by atoms with E-state index in [1.807, 2.05) is 0 Å². The summed E-state index contributed by atoms with van der Waals surface area (Å²) in [7, 11) is -3.14. The third-order valence-corrected chi connectivity index (χ3v) is 5.67. The van der Waals surface area contributed by atoms with Crippen molar-refractivity contribution in [3.8, 4) is 0 Å². The Morgan fingerprint density at radius 2 is 2.00 bits per heavy atom. The first-order valence-corrected chi connectivity index (χ1v) is 7.91. The van der Waals surface area contributed by atoms with E-state index in [9.17, 15) is 8.42 Å². The van der Waals surface area contributed by atoms with Crippen LogP contribution in [0.5, 0.6) is 0 Å². The molecule has 0 aliphatic carbocycles. The van der Waals surface area contributed by atoms with Crippen molar-refractivity contribution >= 4 is 27.1 Å². The summed E-state index contributed by atoms with van der Waals surface area (Å²) in [4.78, 5) is 0. The molecular formula is C12H16ClNO3S. The molecule has 1 aromatic carbocycles. The molecule has 100 valence electrons. The van der Waals surface area contributed by atoms with Gasteiger partial charge in [-0.05, 0) is 30.5 Å². The highest BCUT2D eigenvalue weighted by atomic mass is 35.5. The van der Waals surface area contributed by atoms with Gasteiger partial charge in [0.15, 0.2) is 9.84 Å². The van der Waals surface area contributed by atoms with E-state index in [1.165, 1.54) is 0 Å². The van der Waals surface area contributed by atoms with Crippen LogP contribution < -0.4 is 5.73 Å². The van der Waals surface area contributed by atoms with Crippen molar-refractivity contribution in [1.82, 2.24) is 0 Å². The minimum Gasteiger partial charge on any atom is -0.398 e. The van der Waals surface area contributed by atoms with Crippen molar-refractivity contribution < 1.29 is 13.2 Å². The van der Waals surface area contributed by atoms with Crippen LogP contribution in [0.1, 0.15) is 18.4 Å². The lowest BCUT2D eigenvalue weighted by Crippen LogP contribution is -2.29. The van der Waals surface area contributed by atoms with Crippen LogP contribution in [0, 0.1) is 0 Å². The summed E-state index contributed by atoms with van der Waals surface area (Å²) >= 11 is 5.81. The molecule has 2 N–H and O–H groups in total. The quantitative estimate of drug-likeness (QED) is 0.864. The predicted octanol–water partition coefficient (Wildman–Crippen LogP) is 2.02. The molecule has 1 aliphatic rings.